The summed E-state index contributed by atoms with van der Waals surface area (Å²) in [4.78, 5) is 7.12. The SMILES string of the molecule is CCNC(=NCc1cccc(C#N)c1)N1CCC(c2ccc(OC)cc2)C1.I. The third kappa shape index (κ3) is 5.61. The Morgan fingerprint density at radius 3 is 2.75 bits per heavy atom. The highest BCUT2D eigenvalue weighted by Crippen LogP contribution is 2.28. The second-order valence-electron chi connectivity index (χ2n) is 6.69. The number of nitriles is 1. The summed E-state index contributed by atoms with van der Waals surface area (Å²) in [6.07, 6.45) is 1.11. The van der Waals surface area contributed by atoms with Gasteiger partial charge in [0.25, 0.3) is 0 Å². The number of hydrogen-bond acceptors (Lipinski definition) is 3. The molecule has 5 nitrogen and oxygen atoms in total. The van der Waals surface area contributed by atoms with E-state index in [4.69, 9.17) is 15.0 Å². The molecule has 2 aromatic carbocycles. The van der Waals surface area contributed by atoms with Crippen LogP contribution < -0.4 is 10.1 Å². The molecule has 1 aliphatic heterocycles. The predicted octanol–water partition coefficient (Wildman–Crippen LogP) is 4.14. The maximum atomic E-state index is 9.05. The highest BCUT2D eigenvalue weighted by molar-refractivity contribution is 14.0. The molecule has 1 N–H and O–H groups in total. The fourth-order valence-corrected chi connectivity index (χ4v) is 3.43. The van der Waals surface area contributed by atoms with Crippen LogP contribution in [0.2, 0.25) is 0 Å². The van der Waals surface area contributed by atoms with Gasteiger partial charge in [-0.05, 0) is 48.7 Å². The maximum absolute atomic E-state index is 9.05. The van der Waals surface area contributed by atoms with Crippen molar-refractivity contribution in [1.82, 2.24) is 10.2 Å². The number of benzene rings is 2. The highest BCUT2D eigenvalue weighted by Gasteiger charge is 2.26. The molecule has 3 rings (SSSR count). The van der Waals surface area contributed by atoms with Crippen LogP contribution in [-0.2, 0) is 6.54 Å². The van der Waals surface area contributed by atoms with Crippen molar-refractivity contribution in [2.24, 2.45) is 4.99 Å². The summed E-state index contributed by atoms with van der Waals surface area (Å²) in [5.74, 6) is 2.33. The van der Waals surface area contributed by atoms with Crippen molar-refractivity contribution >= 4 is 29.9 Å². The van der Waals surface area contributed by atoms with Crippen LogP contribution in [0.25, 0.3) is 0 Å². The van der Waals surface area contributed by atoms with Crippen LogP contribution >= 0.6 is 24.0 Å². The molecule has 28 heavy (non-hydrogen) atoms. The van der Waals surface area contributed by atoms with Gasteiger partial charge >= 0.3 is 0 Å². The van der Waals surface area contributed by atoms with Gasteiger partial charge in [-0.2, -0.15) is 5.26 Å². The number of rotatable bonds is 5. The lowest BCUT2D eigenvalue weighted by molar-refractivity contribution is 0.414. The Labute approximate surface area is 184 Å². The van der Waals surface area contributed by atoms with Crippen LogP contribution in [0.15, 0.2) is 53.5 Å². The second kappa shape index (κ2) is 10.9. The Morgan fingerprint density at radius 2 is 2.07 bits per heavy atom. The zero-order valence-electron chi connectivity index (χ0n) is 16.4. The Kier molecular flexibility index (Phi) is 8.58. The van der Waals surface area contributed by atoms with E-state index in [1.54, 1.807) is 7.11 Å². The second-order valence-corrected chi connectivity index (χ2v) is 6.69. The first-order chi connectivity index (χ1) is 13.2. The lowest BCUT2D eigenvalue weighted by Crippen LogP contribution is -2.40. The zero-order valence-corrected chi connectivity index (χ0v) is 18.7. The van der Waals surface area contributed by atoms with E-state index in [2.05, 4.69) is 35.3 Å². The number of ether oxygens (including phenoxy) is 1. The topological polar surface area (TPSA) is 60.7 Å². The Hall–Kier alpha value is -2.27. The average molecular weight is 490 g/mol. The number of guanidine groups is 1. The maximum Gasteiger partial charge on any atom is 0.194 e. The minimum atomic E-state index is 0. The van der Waals surface area contributed by atoms with Crippen LogP contribution in [0, 0.1) is 11.3 Å². The van der Waals surface area contributed by atoms with Crippen molar-refractivity contribution in [1.29, 1.82) is 5.26 Å². The van der Waals surface area contributed by atoms with Gasteiger partial charge in [0, 0.05) is 25.6 Å². The fraction of sp³-hybridized carbons (Fsp3) is 0.364. The van der Waals surface area contributed by atoms with Crippen LogP contribution in [-0.4, -0.2) is 37.6 Å². The molecule has 148 valence electrons. The van der Waals surface area contributed by atoms with Gasteiger partial charge in [-0.3, -0.25) is 0 Å². The summed E-state index contributed by atoms with van der Waals surface area (Å²) < 4.78 is 5.25. The number of aliphatic imine (C=N–C) groups is 1. The van der Waals surface area contributed by atoms with E-state index >= 15 is 0 Å². The molecule has 0 amide bonds. The van der Waals surface area contributed by atoms with Crippen molar-refractivity contribution < 1.29 is 4.74 Å². The Morgan fingerprint density at radius 1 is 1.29 bits per heavy atom. The van der Waals surface area contributed by atoms with E-state index in [0.717, 1.165) is 43.3 Å². The first-order valence-corrected chi connectivity index (χ1v) is 9.39. The van der Waals surface area contributed by atoms with Gasteiger partial charge in [-0.1, -0.05) is 24.3 Å². The van der Waals surface area contributed by atoms with E-state index in [-0.39, 0.29) is 24.0 Å². The Bertz CT molecular complexity index is 829. The molecule has 1 aliphatic rings. The number of halogens is 1. The predicted molar refractivity (Wildman–Crippen MR) is 123 cm³/mol. The minimum Gasteiger partial charge on any atom is -0.497 e. The smallest absolute Gasteiger partial charge is 0.194 e. The van der Waals surface area contributed by atoms with E-state index in [1.165, 1.54) is 5.56 Å². The molecule has 1 atom stereocenters. The molecule has 6 heteroatoms. The summed E-state index contributed by atoms with van der Waals surface area (Å²) in [5.41, 5.74) is 3.07. The van der Waals surface area contributed by atoms with Gasteiger partial charge in [0.05, 0.1) is 25.3 Å². The van der Waals surface area contributed by atoms with Gasteiger partial charge < -0.3 is 15.0 Å². The van der Waals surface area contributed by atoms with Crippen LogP contribution in [0.5, 0.6) is 5.75 Å². The molecule has 1 unspecified atom stereocenters. The molecular formula is C22H27IN4O. The molecular weight excluding hydrogens is 463 g/mol. The monoisotopic (exact) mass is 490 g/mol. The average Bonchev–Trinajstić information content (AvgIpc) is 3.21. The van der Waals surface area contributed by atoms with E-state index in [1.807, 2.05) is 36.4 Å². The number of methoxy groups -OCH3 is 1. The van der Waals surface area contributed by atoms with Crippen LogP contribution in [0.1, 0.15) is 36.0 Å². The number of hydrogen-bond donors (Lipinski definition) is 1. The van der Waals surface area contributed by atoms with Gasteiger partial charge in [-0.25, -0.2) is 4.99 Å². The first kappa shape index (κ1) is 22.0. The van der Waals surface area contributed by atoms with Crippen LogP contribution in [0.3, 0.4) is 0 Å². The number of nitrogens with zero attached hydrogens (tertiary/aromatic N) is 3. The lowest BCUT2D eigenvalue weighted by atomic mass is 9.98. The van der Waals surface area contributed by atoms with Gasteiger partial charge in [-0.15, -0.1) is 24.0 Å². The molecule has 1 saturated heterocycles. The van der Waals surface area contributed by atoms with E-state index in [9.17, 15) is 0 Å². The van der Waals surface area contributed by atoms with E-state index in [0.29, 0.717) is 18.0 Å². The molecule has 0 bridgehead atoms. The lowest BCUT2D eigenvalue weighted by Gasteiger charge is -2.22. The summed E-state index contributed by atoms with van der Waals surface area (Å²) in [5, 5.41) is 12.5. The third-order valence-corrected chi connectivity index (χ3v) is 4.88. The van der Waals surface area contributed by atoms with Gasteiger partial charge in [0.2, 0.25) is 0 Å². The molecule has 0 aliphatic carbocycles. The summed E-state index contributed by atoms with van der Waals surface area (Å²) in [6.45, 7) is 5.43. The van der Waals surface area contributed by atoms with Crippen molar-refractivity contribution in [2.45, 2.75) is 25.8 Å². The molecule has 2 aromatic rings. The fourth-order valence-electron chi connectivity index (χ4n) is 3.43. The summed E-state index contributed by atoms with van der Waals surface area (Å²) in [6, 6.07) is 18.2. The van der Waals surface area contributed by atoms with Crippen molar-refractivity contribution in [3.63, 3.8) is 0 Å². The number of nitrogens with one attached hydrogen (secondary N) is 1. The van der Waals surface area contributed by atoms with E-state index < -0.39 is 0 Å². The van der Waals surface area contributed by atoms with Gasteiger partial charge in [0.1, 0.15) is 5.75 Å². The van der Waals surface area contributed by atoms with Crippen LogP contribution in [0.4, 0.5) is 0 Å². The molecule has 0 spiro atoms. The van der Waals surface area contributed by atoms with Crippen molar-refractivity contribution in [3.05, 3.63) is 65.2 Å². The summed E-state index contributed by atoms with van der Waals surface area (Å²) >= 11 is 0. The van der Waals surface area contributed by atoms with Crippen molar-refractivity contribution in [2.75, 3.05) is 26.7 Å². The molecule has 0 radical (unpaired) electrons. The Balaban J connectivity index is 0.00000280. The molecule has 0 aromatic heterocycles. The summed E-state index contributed by atoms with van der Waals surface area (Å²) in [7, 11) is 1.69. The largest absolute Gasteiger partial charge is 0.497 e. The van der Waals surface area contributed by atoms with Gasteiger partial charge in [0.15, 0.2) is 5.96 Å². The highest BCUT2D eigenvalue weighted by atomic mass is 127. The first-order valence-electron chi connectivity index (χ1n) is 9.39. The zero-order chi connectivity index (χ0) is 19.1. The third-order valence-electron chi connectivity index (χ3n) is 4.88. The minimum absolute atomic E-state index is 0. The molecule has 1 fully saturated rings. The quantitative estimate of drug-likeness (QED) is 0.389. The standard InChI is InChI=1S/C22H26N4O.HI/c1-3-24-22(25-15-18-6-4-5-17(13-18)14-23)26-12-11-20(16-26)19-7-9-21(27-2)10-8-19;/h4-10,13,20H,3,11-12,15-16H2,1-2H3,(H,24,25);1H. The number of likely N-dealkylation sites (tertiary alicyclic amines) is 1. The molecule has 1 heterocycles. The normalized spacial score (nSPS) is 16.2. The molecule has 0 saturated carbocycles. The van der Waals surface area contributed by atoms with Crippen molar-refractivity contribution in [3.8, 4) is 11.8 Å².